The summed E-state index contributed by atoms with van der Waals surface area (Å²) in [4.78, 5) is 2.43. The molecule has 0 aliphatic rings. The lowest BCUT2D eigenvalue weighted by molar-refractivity contribution is 0.669. The van der Waals surface area contributed by atoms with Gasteiger partial charge in [-0.3, -0.25) is 0 Å². The van der Waals surface area contributed by atoms with Gasteiger partial charge in [-0.1, -0.05) is 188 Å². The number of nitrogens with zero attached hydrogens (tertiary/aromatic N) is 1. The molecule has 0 aliphatic heterocycles. The number of benzene rings is 11. The fourth-order valence-electron chi connectivity index (χ4n) is 9.43. The van der Waals surface area contributed by atoms with E-state index in [1.165, 1.54) is 49.0 Å². The number of hydrogen-bond acceptors (Lipinski definition) is 2. The summed E-state index contributed by atoms with van der Waals surface area (Å²) in [6, 6.07) is 85.6. The van der Waals surface area contributed by atoms with E-state index in [0.717, 1.165) is 66.8 Å². The maximum Gasteiger partial charge on any atom is 0.136 e. The molecule has 290 valence electrons. The number of furan rings is 1. The molecular formula is C60H39NO. The van der Waals surface area contributed by atoms with E-state index in [2.05, 4.69) is 229 Å². The highest BCUT2D eigenvalue weighted by atomic mass is 16.3. The van der Waals surface area contributed by atoms with Crippen LogP contribution >= 0.6 is 0 Å². The van der Waals surface area contributed by atoms with Crippen molar-refractivity contribution in [2.75, 3.05) is 4.90 Å². The number of fused-ring (bicyclic) bond motifs is 7. The predicted octanol–water partition coefficient (Wildman–Crippen LogP) is 17.2. The topological polar surface area (TPSA) is 16.4 Å². The standard InChI is InChI=1S/C60H39NO/c1-2-14-45-38-48(30-26-40(45)12-1)53-17-6-9-21-57(53)61(49-35-32-44(33-36-49)54-19-11-23-59-60(54)55-18-7-10-22-58(55)62-59)56-20-8-5-16-52(56)43-27-24-41(25-28-43)46-34-37-51-47(39-46)31-29-42-13-3-4-15-50(42)51/h1-39H. The smallest absolute Gasteiger partial charge is 0.136 e. The Balaban J connectivity index is 0.985. The maximum atomic E-state index is 6.28. The van der Waals surface area contributed by atoms with E-state index in [1.54, 1.807) is 0 Å². The van der Waals surface area contributed by atoms with Gasteiger partial charge in [-0.25, -0.2) is 0 Å². The van der Waals surface area contributed by atoms with E-state index in [1.807, 2.05) is 12.1 Å². The molecule has 0 bridgehead atoms. The van der Waals surface area contributed by atoms with Crippen LogP contribution in [0.2, 0.25) is 0 Å². The van der Waals surface area contributed by atoms with E-state index < -0.39 is 0 Å². The SMILES string of the molecule is c1ccc(N(c2ccc(-c3cccc4oc5ccccc5c34)cc2)c2ccccc2-c2ccc3ccccc3c2)c(-c2ccc(-c3ccc4c(ccc5ccccc54)c3)cc2)c1. The molecule has 12 aromatic rings. The highest BCUT2D eigenvalue weighted by molar-refractivity contribution is 6.12. The summed E-state index contributed by atoms with van der Waals surface area (Å²) in [6.45, 7) is 0. The summed E-state index contributed by atoms with van der Waals surface area (Å²) in [6.07, 6.45) is 0. The first-order valence-corrected chi connectivity index (χ1v) is 21.2. The Morgan fingerprint density at radius 1 is 0.274 bits per heavy atom. The van der Waals surface area contributed by atoms with Crippen molar-refractivity contribution in [2.24, 2.45) is 0 Å². The molecule has 0 atom stereocenters. The normalized spacial score (nSPS) is 11.5. The lowest BCUT2D eigenvalue weighted by Gasteiger charge is -2.30. The number of hydrogen-bond donors (Lipinski definition) is 0. The minimum Gasteiger partial charge on any atom is -0.456 e. The Kier molecular flexibility index (Phi) is 8.53. The van der Waals surface area contributed by atoms with Crippen molar-refractivity contribution in [3.05, 3.63) is 237 Å². The third-order valence-electron chi connectivity index (χ3n) is 12.5. The Morgan fingerprint density at radius 2 is 0.774 bits per heavy atom. The van der Waals surface area contributed by atoms with Gasteiger partial charge in [-0.05, 0) is 114 Å². The average Bonchev–Trinajstić information content (AvgIpc) is 3.74. The van der Waals surface area contributed by atoms with E-state index in [9.17, 15) is 0 Å². The van der Waals surface area contributed by atoms with Crippen LogP contribution in [0.3, 0.4) is 0 Å². The van der Waals surface area contributed by atoms with Crippen LogP contribution in [0.4, 0.5) is 17.1 Å². The van der Waals surface area contributed by atoms with Gasteiger partial charge < -0.3 is 9.32 Å². The molecule has 1 aromatic heterocycles. The maximum absolute atomic E-state index is 6.28. The molecule has 0 N–H and O–H groups in total. The zero-order valence-electron chi connectivity index (χ0n) is 33.9. The molecule has 0 aliphatic carbocycles. The minimum absolute atomic E-state index is 0.896. The molecule has 0 radical (unpaired) electrons. The zero-order valence-corrected chi connectivity index (χ0v) is 33.9. The van der Waals surface area contributed by atoms with Gasteiger partial charge in [0.05, 0.1) is 11.4 Å². The van der Waals surface area contributed by atoms with Gasteiger partial charge in [0.25, 0.3) is 0 Å². The summed E-state index contributed by atoms with van der Waals surface area (Å²) in [5, 5.41) is 9.79. The second kappa shape index (κ2) is 14.8. The van der Waals surface area contributed by atoms with Gasteiger partial charge in [0.1, 0.15) is 11.2 Å². The molecule has 0 saturated carbocycles. The molecule has 0 amide bonds. The van der Waals surface area contributed by atoms with Crippen molar-refractivity contribution in [1.82, 2.24) is 0 Å². The van der Waals surface area contributed by atoms with Crippen LogP contribution in [-0.2, 0) is 0 Å². The van der Waals surface area contributed by atoms with Crippen molar-refractivity contribution >= 4 is 71.3 Å². The molecule has 0 unspecified atom stereocenters. The quantitative estimate of drug-likeness (QED) is 0.150. The predicted molar refractivity (Wildman–Crippen MR) is 263 cm³/mol. The first-order chi connectivity index (χ1) is 30.7. The molecule has 12 rings (SSSR count). The van der Waals surface area contributed by atoms with Crippen LogP contribution in [0, 0.1) is 0 Å². The van der Waals surface area contributed by atoms with Crippen LogP contribution in [0.1, 0.15) is 0 Å². The van der Waals surface area contributed by atoms with Crippen molar-refractivity contribution < 1.29 is 4.42 Å². The van der Waals surface area contributed by atoms with Crippen LogP contribution in [0.15, 0.2) is 241 Å². The molecule has 0 saturated heterocycles. The Hall–Kier alpha value is -8.20. The second-order valence-corrected chi connectivity index (χ2v) is 16.1. The first-order valence-electron chi connectivity index (χ1n) is 21.2. The summed E-state index contributed by atoms with van der Waals surface area (Å²) in [5.74, 6) is 0. The summed E-state index contributed by atoms with van der Waals surface area (Å²) in [7, 11) is 0. The van der Waals surface area contributed by atoms with Crippen LogP contribution in [0.25, 0.3) is 98.8 Å². The lowest BCUT2D eigenvalue weighted by Crippen LogP contribution is -2.12. The molecular weight excluding hydrogens is 751 g/mol. The fraction of sp³-hybridized carbons (Fsp3) is 0. The number of anilines is 3. The second-order valence-electron chi connectivity index (χ2n) is 16.1. The van der Waals surface area contributed by atoms with Crippen molar-refractivity contribution in [3.8, 4) is 44.5 Å². The van der Waals surface area contributed by atoms with E-state index in [4.69, 9.17) is 4.42 Å². The molecule has 1 heterocycles. The third-order valence-corrected chi connectivity index (χ3v) is 12.5. The van der Waals surface area contributed by atoms with E-state index in [-0.39, 0.29) is 0 Å². The van der Waals surface area contributed by atoms with Gasteiger partial charge in [0.2, 0.25) is 0 Å². The number of para-hydroxylation sites is 3. The highest BCUT2D eigenvalue weighted by Gasteiger charge is 2.21. The first kappa shape index (κ1) is 35.7. The minimum atomic E-state index is 0.896. The Labute approximate surface area is 360 Å². The summed E-state index contributed by atoms with van der Waals surface area (Å²) in [5.41, 5.74) is 14.4. The third kappa shape index (κ3) is 6.12. The van der Waals surface area contributed by atoms with Gasteiger partial charge >= 0.3 is 0 Å². The van der Waals surface area contributed by atoms with Gasteiger partial charge in [0.15, 0.2) is 0 Å². The molecule has 62 heavy (non-hydrogen) atoms. The Morgan fingerprint density at radius 3 is 1.58 bits per heavy atom. The summed E-state index contributed by atoms with van der Waals surface area (Å²) >= 11 is 0. The molecule has 0 fully saturated rings. The molecule has 0 spiro atoms. The lowest BCUT2D eigenvalue weighted by atomic mass is 9.95. The largest absolute Gasteiger partial charge is 0.456 e. The fourth-order valence-corrected chi connectivity index (χ4v) is 9.43. The summed E-state index contributed by atoms with van der Waals surface area (Å²) < 4.78 is 6.28. The van der Waals surface area contributed by atoms with Gasteiger partial charge in [0, 0.05) is 27.6 Å². The van der Waals surface area contributed by atoms with Crippen LogP contribution in [-0.4, -0.2) is 0 Å². The monoisotopic (exact) mass is 789 g/mol. The van der Waals surface area contributed by atoms with Crippen molar-refractivity contribution in [1.29, 1.82) is 0 Å². The molecule has 11 aromatic carbocycles. The zero-order chi connectivity index (χ0) is 41.0. The van der Waals surface area contributed by atoms with Gasteiger partial charge in [-0.2, -0.15) is 0 Å². The van der Waals surface area contributed by atoms with Crippen LogP contribution < -0.4 is 4.90 Å². The van der Waals surface area contributed by atoms with E-state index in [0.29, 0.717) is 0 Å². The van der Waals surface area contributed by atoms with E-state index >= 15 is 0 Å². The number of rotatable bonds is 7. The average molecular weight is 790 g/mol. The van der Waals surface area contributed by atoms with Crippen LogP contribution in [0.5, 0.6) is 0 Å². The van der Waals surface area contributed by atoms with Gasteiger partial charge in [-0.15, -0.1) is 0 Å². The van der Waals surface area contributed by atoms with Crippen molar-refractivity contribution in [3.63, 3.8) is 0 Å². The Bertz CT molecular complexity index is 3630. The molecule has 2 heteroatoms. The molecule has 2 nitrogen and oxygen atoms in total. The highest BCUT2D eigenvalue weighted by Crippen LogP contribution is 2.46. The van der Waals surface area contributed by atoms with Crippen molar-refractivity contribution in [2.45, 2.75) is 0 Å².